The highest BCUT2D eigenvalue weighted by Crippen LogP contribution is 2.34. The first kappa shape index (κ1) is 107. The Kier molecular flexibility index (Phi) is 39.8. The minimum Gasteiger partial charge on any atom is -0.444 e. The molecule has 5 saturated heterocycles. The molecular formula is C91H117Cl6F5N26O8. The van der Waals surface area contributed by atoms with Crippen LogP contribution in [0.4, 0.5) is 59.6 Å². The van der Waals surface area contributed by atoms with Crippen molar-refractivity contribution in [1.82, 2.24) is 105 Å². The fourth-order valence-corrected chi connectivity index (χ4v) is 16.1. The summed E-state index contributed by atoms with van der Waals surface area (Å²) in [6.07, 6.45) is 24.8. The predicted octanol–water partition coefficient (Wildman–Crippen LogP) is 19.1. The van der Waals surface area contributed by atoms with E-state index in [1.807, 2.05) is 67.2 Å². The fourth-order valence-electron chi connectivity index (χ4n) is 15.2. The van der Waals surface area contributed by atoms with Crippen molar-refractivity contribution in [2.75, 3.05) is 133 Å². The van der Waals surface area contributed by atoms with E-state index in [1.165, 1.54) is 6.20 Å². The maximum Gasteiger partial charge on any atom is 0.410 e. The van der Waals surface area contributed by atoms with Crippen LogP contribution < -0.4 is 32.3 Å². The van der Waals surface area contributed by atoms with Crippen molar-refractivity contribution in [1.29, 1.82) is 0 Å². The Bertz CT molecular complexity index is 5790. The molecule has 4 amide bonds. The number of amides is 4. The van der Waals surface area contributed by atoms with Crippen LogP contribution in [0.2, 0.25) is 30.8 Å². The molecular weight excluding hydrogens is 1890 g/mol. The number of hydrogen-bond donors (Lipinski definition) is 9. The van der Waals surface area contributed by atoms with Gasteiger partial charge in [-0.2, -0.15) is 4.98 Å². The lowest BCUT2D eigenvalue weighted by molar-refractivity contribution is -0.133. The molecule has 5 atom stereocenters. The van der Waals surface area contributed by atoms with Gasteiger partial charge in [-0.15, -0.1) is 0 Å². The van der Waals surface area contributed by atoms with Crippen molar-refractivity contribution in [2.45, 2.75) is 157 Å². The minimum absolute atomic E-state index is 0. The molecule has 736 valence electrons. The van der Waals surface area contributed by atoms with Gasteiger partial charge in [0.15, 0.2) is 75.0 Å². The number of methoxy groups -OCH3 is 1. The number of rotatable bonds is 19. The Balaban J connectivity index is 0.000000174. The van der Waals surface area contributed by atoms with E-state index < -0.39 is 45.9 Å². The number of nitrogens with two attached hydrogens (primary N) is 1. The molecule has 5 fully saturated rings. The number of carbonyl (C=O) groups excluding carboxylic acids is 4. The lowest BCUT2D eigenvalue weighted by atomic mass is 9.97. The van der Waals surface area contributed by atoms with Gasteiger partial charge in [0.05, 0.1) is 59.1 Å². The van der Waals surface area contributed by atoms with Gasteiger partial charge in [-0.3, -0.25) is 4.79 Å². The van der Waals surface area contributed by atoms with E-state index in [-0.39, 0.29) is 88.4 Å². The molecule has 0 saturated carbocycles. The highest BCUT2D eigenvalue weighted by Gasteiger charge is 2.33. The average molecular weight is 2010 g/mol. The van der Waals surface area contributed by atoms with Crippen LogP contribution in [0.1, 0.15) is 140 Å². The lowest BCUT2D eigenvalue weighted by Crippen LogP contribution is -2.44. The Morgan fingerprint density at radius 1 is 0.426 bits per heavy atom. The van der Waals surface area contributed by atoms with Gasteiger partial charge >= 0.3 is 18.3 Å². The summed E-state index contributed by atoms with van der Waals surface area (Å²) in [5, 5.41) is 19.2. The van der Waals surface area contributed by atoms with E-state index in [0.717, 1.165) is 143 Å². The van der Waals surface area contributed by atoms with Gasteiger partial charge in [0.1, 0.15) is 33.7 Å². The van der Waals surface area contributed by atoms with Crippen LogP contribution in [0.25, 0.3) is 67.3 Å². The van der Waals surface area contributed by atoms with Crippen molar-refractivity contribution in [3.8, 4) is 34.2 Å². The third-order valence-electron chi connectivity index (χ3n) is 21.7. The third kappa shape index (κ3) is 32.7. The number of pyridine rings is 3. The number of anilines is 4. The normalized spacial score (nSPS) is 17.3. The summed E-state index contributed by atoms with van der Waals surface area (Å²) in [7, 11) is 1.59. The number of ether oxygens (including phenoxy) is 4. The maximum atomic E-state index is 14.4. The molecule has 0 radical (unpaired) electrons. The summed E-state index contributed by atoms with van der Waals surface area (Å²) < 4.78 is 89.8. The third-order valence-corrected chi connectivity index (χ3v) is 23.0. The van der Waals surface area contributed by atoms with Crippen molar-refractivity contribution >= 4 is 150 Å². The highest BCUT2D eigenvalue weighted by atomic mass is 35.5. The van der Waals surface area contributed by atoms with Gasteiger partial charge in [-0.25, -0.2) is 96.1 Å². The summed E-state index contributed by atoms with van der Waals surface area (Å²) in [6.45, 7) is 27.4. The molecule has 0 aromatic carbocycles. The molecule has 0 aliphatic carbocycles. The number of carbonyl (C=O) groups is 4. The number of likely N-dealkylation sites (tertiary alicyclic amines) is 4. The number of hydrogen-bond acceptors (Lipinski definition) is 27. The second-order valence-electron chi connectivity index (χ2n) is 35.9. The van der Waals surface area contributed by atoms with Gasteiger partial charge in [0.2, 0.25) is 16.5 Å². The zero-order chi connectivity index (χ0) is 97.3. The monoisotopic (exact) mass is 2010 g/mol. The molecule has 136 heavy (non-hydrogen) atoms. The number of H-pyrrole nitrogens is 3. The number of nitrogens with one attached hydrogen (secondary N) is 8. The molecule has 5 aliphatic heterocycles. The Labute approximate surface area is 815 Å². The fraction of sp³-hybridized carbons (Fsp3) is 0.505. The molecule has 11 aromatic heterocycles. The topological polar surface area (TPSA) is 419 Å². The second kappa shape index (κ2) is 50.5. The minimum atomic E-state index is -0.666. The molecule has 45 heteroatoms. The number of nitrogens with zero attached hydrogens (tertiary/aromatic N) is 17. The zero-order valence-electron chi connectivity index (χ0n) is 76.7. The van der Waals surface area contributed by atoms with E-state index in [4.69, 9.17) is 94.3 Å². The largest absolute Gasteiger partial charge is 0.444 e. The smallest absolute Gasteiger partial charge is 0.410 e. The van der Waals surface area contributed by atoms with Crippen LogP contribution in [0, 0.1) is 58.7 Å². The van der Waals surface area contributed by atoms with E-state index >= 15 is 0 Å². The van der Waals surface area contributed by atoms with Crippen molar-refractivity contribution < 1.29 is 60.1 Å². The van der Waals surface area contributed by atoms with Crippen LogP contribution in [-0.4, -0.2) is 252 Å². The summed E-state index contributed by atoms with van der Waals surface area (Å²) in [5.74, 6) is 0.576. The number of aromatic amines is 3. The Morgan fingerprint density at radius 2 is 0.750 bits per heavy atom. The van der Waals surface area contributed by atoms with Crippen LogP contribution in [-0.2, 0) is 23.7 Å². The quantitative estimate of drug-likeness (QED) is 0.0157. The van der Waals surface area contributed by atoms with Gasteiger partial charge in [-0.1, -0.05) is 53.8 Å². The summed E-state index contributed by atoms with van der Waals surface area (Å²) in [5.41, 5.74) is 8.28. The lowest BCUT2D eigenvalue weighted by Gasteiger charge is -2.34. The molecule has 4 unspecified atom stereocenters. The summed E-state index contributed by atoms with van der Waals surface area (Å²) >= 11 is 34.3. The van der Waals surface area contributed by atoms with Crippen molar-refractivity contribution in [2.24, 2.45) is 35.3 Å². The molecule has 11 aromatic rings. The molecule has 5 aliphatic rings. The van der Waals surface area contributed by atoms with E-state index in [0.29, 0.717) is 151 Å². The number of aromatic nitrogens is 16. The van der Waals surface area contributed by atoms with Crippen LogP contribution in [0.5, 0.6) is 0 Å². The first-order valence-corrected chi connectivity index (χ1v) is 46.6. The van der Waals surface area contributed by atoms with Crippen molar-refractivity contribution in [3.63, 3.8) is 0 Å². The predicted molar refractivity (Wildman–Crippen MR) is 518 cm³/mol. The van der Waals surface area contributed by atoms with E-state index in [1.54, 1.807) is 77.2 Å². The number of halogens is 11. The SMILES string of the molecule is C.CC(C)(C)OC(=O)N1CCCC(CNc2nc(-c3c[nH]c4ncc(Cl)cc34)ncc2F)C1.CC(C)(C)OC(=O)N1CCCC(CNc2nc(Cl)ncc2F)C1.CC(C)(C)OC(=O)N1CCC[C@H](CN)C1.COCCC(=O)N1CCCC(CNc2nc(-c3c[nH]c4ncc(Cl)cc34)ncc2F)C1.Fc1cnc(-c2c[nH]c3ncc(Cl)cc23)nc1NCC1CCCNC1.Fc1cnc(Cl)nc1Cl. The van der Waals surface area contributed by atoms with Gasteiger partial charge in [0.25, 0.3) is 0 Å². The second-order valence-corrected chi connectivity index (χ2v) is 38.2. The average Bonchev–Trinajstić information content (AvgIpc) is 1.65. The van der Waals surface area contributed by atoms with E-state index in [9.17, 15) is 41.1 Å². The Morgan fingerprint density at radius 3 is 1.10 bits per heavy atom. The summed E-state index contributed by atoms with van der Waals surface area (Å²) in [6, 6.07) is 5.33. The van der Waals surface area contributed by atoms with E-state index in [2.05, 4.69) is 106 Å². The summed E-state index contributed by atoms with van der Waals surface area (Å²) in [4.78, 5) is 117. The number of piperidine rings is 5. The first-order valence-electron chi connectivity index (χ1n) is 44.4. The van der Waals surface area contributed by atoms with Crippen LogP contribution >= 0.6 is 69.6 Å². The molecule has 0 spiro atoms. The maximum absolute atomic E-state index is 14.4. The molecule has 10 N–H and O–H groups in total. The molecule has 16 rings (SSSR count). The first-order chi connectivity index (χ1) is 64.3. The van der Waals surface area contributed by atoms with Crippen molar-refractivity contribution in [3.05, 3.63) is 146 Å². The molecule has 34 nitrogen and oxygen atoms in total. The molecule has 16 heterocycles. The van der Waals surface area contributed by atoms with Gasteiger partial charge in [0, 0.05) is 156 Å². The zero-order valence-corrected chi connectivity index (χ0v) is 81.2. The van der Waals surface area contributed by atoms with Gasteiger partial charge in [-0.05, 0) is 217 Å². The van der Waals surface area contributed by atoms with Gasteiger partial charge < -0.3 is 85.8 Å². The Hall–Kier alpha value is -10.8. The number of fused-ring (bicyclic) bond motifs is 3. The highest BCUT2D eigenvalue weighted by molar-refractivity contribution is 6.32. The van der Waals surface area contributed by atoms with Crippen LogP contribution in [0.3, 0.4) is 0 Å². The standard InChI is InChI=1S/C22H26ClFN6O2.C21H24ClFN6O2.C17H18ClFN6.C15H22ClFN4O2.C11H22N2O2.C4HCl2FN2.CH4/c1-22(2,3)32-21(31)30-6-4-5-13(12-30)8-25-20-17(24)11-28-19(29-20)16-10-27-18-15(16)7-14(23)9-26-18;1-31-6-4-18(30)29-5-2-3-13(12-29)8-24-21-17(23)11-27-20(28-21)16-10-26-19-15(16)7-14(22)9-25-19;18-11-4-12-13(8-23-15(12)22-7-11)16-24-9-14(19)17(25-16)21-6-10-2-1-3-20-5-10;1-15(2,3)23-14(22)21-6-4-5-10(9-21)7-18-12-11(17)8-19-13(16)20-12;1-11(2,3)15-10(14)13-6-4-5-9(7-12)8-13;5-3-2(7)1-8-4(6)9-3;/h7,9-11,13H,4-6,8,12H2,1-3H3,(H,26,27)(H,25,28,29);7,9-11,13H,2-6,8,12H2,1H3,(H,25,26)(H,24,27,28);4,7-10,20H,1-3,5-6H2,(H,22,23)(H,21,24,25);8,10H,4-7,9H2,1-3H3,(H,18,19,20);9H,4-8,12H2,1-3H3;1H;1H4/t;;;;9-;;/m....1../s1. The molecule has 0 bridgehead atoms. The van der Waals surface area contributed by atoms with Crippen LogP contribution in [0.15, 0.2) is 86.4 Å².